The second-order valence-electron chi connectivity index (χ2n) is 2.08. The highest BCUT2D eigenvalue weighted by Crippen LogP contribution is 2.15. The fourth-order valence-corrected chi connectivity index (χ4v) is 0.823. The van der Waals surface area contributed by atoms with Gasteiger partial charge >= 0.3 is 0 Å². The molecule has 3 heteroatoms. The lowest BCUT2D eigenvalue weighted by atomic mass is 10.1. The van der Waals surface area contributed by atoms with Crippen LogP contribution in [-0.2, 0) is 4.79 Å². The Morgan fingerprint density at radius 3 is 2.22 bits per heavy atom. The number of aliphatic hydroxyl groups excluding tert-OH is 2. The maximum absolute atomic E-state index is 10.0. The van der Waals surface area contributed by atoms with Crippen LogP contribution < -0.4 is 0 Å². The van der Waals surface area contributed by atoms with E-state index >= 15 is 0 Å². The third-order valence-electron chi connectivity index (χ3n) is 1.43. The van der Waals surface area contributed by atoms with Crippen LogP contribution in [0.5, 0.6) is 0 Å². The van der Waals surface area contributed by atoms with Crippen LogP contribution >= 0.6 is 0 Å². The Kier molecular flexibility index (Phi) is 1.64. The van der Waals surface area contributed by atoms with E-state index in [-0.39, 0.29) is 0 Å². The standard InChI is InChI=1S/C6H8O3/c7-3-4-1-2-5(8)6(4)9/h1-6,8-9H/t4-,5+,6?/m1/s1. The maximum atomic E-state index is 10.0. The molecule has 0 aliphatic heterocycles. The van der Waals surface area contributed by atoms with Gasteiger partial charge in [-0.3, -0.25) is 0 Å². The SMILES string of the molecule is O=C[C@H]1C=C[C@H](O)C1O. The van der Waals surface area contributed by atoms with Gasteiger partial charge in [0.1, 0.15) is 6.29 Å². The zero-order valence-corrected chi connectivity index (χ0v) is 4.77. The quantitative estimate of drug-likeness (QED) is 0.355. The molecule has 0 aromatic rings. The van der Waals surface area contributed by atoms with Crippen molar-refractivity contribution in [3.63, 3.8) is 0 Å². The molecule has 0 bridgehead atoms. The monoisotopic (exact) mass is 128 g/mol. The van der Waals surface area contributed by atoms with E-state index in [0.717, 1.165) is 0 Å². The Labute approximate surface area is 52.6 Å². The van der Waals surface area contributed by atoms with Gasteiger partial charge in [-0.1, -0.05) is 12.2 Å². The second kappa shape index (κ2) is 2.29. The number of carbonyl (C=O) groups is 1. The Bertz CT molecular complexity index is 141. The van der Waals surface area contributed by atoms with E-state index in [2.05, 4.69) is 0 Å². The molecule has 1 rings (SSSR count). The van der Waals surface area contributed by atoms with Crippen LogP contribution in [0.2, 0.25) is 0 Å². The number of hydrogen-bond acceptors (Lipinski definition) is 3. The molecule has 0 heterocycles. The van der Waals surface area contributed by atoms with Crippen molar-refractivity contribution in [2.45, 2.75) is 12.2 Å². The number of carbonyl (C=O) groups excluding carboxylic acids is 1. The lowest BCUT2D eigenvalue weighted by Crippen LogP contribution is -2.26. The Morgan fingerprint density at radius 2 is 2.00 bits per heavy atom. The molecule has 9 heavy (non-hydrogen) atoms. The minimum atomic E-state index is -0.928. The van der Waals surface area contributed by atoms with Gasteiger partial charge in [0.15, 0.2) is 0 Å². The summed E-state index contributed by atoms with van der Waals surface area (Å²) in [6, 6.07) is 0. The summed E-state index contributed by atoms with van der Waals surface area (Å²) in [6.45, 7) is 0. The molecule has 0 saturated heterocycles. The average Bonchev–Trinajstić information content (AvgIpc) is 2.15. The van der Waals surface area contributed by atoms with Crippen molar-refractivity contribution in [3.05, 3.63) is 12.2 Å². The molecule has 0 amide bonds. The van der Waals surface area contributed by atoms with Gasteiger partial charge in [0, 0.05) is 0 Å². The molecule has 0 spiro atoms. The van der Waals surface area contributed by atoms with Crippen molar-refractivity contribution in [2.24, 2.45) is 5.92 Å². The first-order chi connectivity index (χ1) is 4.25. The minimum absolute atomic E-state index is 0.514. The summed E-state index contributed by atoms with van der Waals surface area (Å²) < 4.78 is 0. The van der Waals surface area contributed by atoms with E-state index in [1.165, 1.54) is 12.2 Å². The molecule has 3 nitrogen and oxygen atoms in total. The summed E-state index contributed by atoms with van der Waals surface area (Å²) >= 11 is 0. The zero-order chi connectivity index (χ0) is 6.85. The van der Waals surface area contributed by atoms with Crippen LogP contribution in [0.25, 0.3) is 0 Å². The van der Waals surface area contributed by atoms with Crippen molar-refractivity contribution in [1.82, 2.24) is 0 Å². The van der Waals surface area contributed by atoms with E-state index in [1.54, 1.807) is 0 Å². The largest absolute Gasteiger partial charge is 0.389 e. The summed E-state index contributed by atoms with van der Waals surface area (Å²) in [5, 5.41) is 17.7. The smallest absolute Gasteiger partial charge is 0.129 e. The van der Waals surface area contributed by atoms with Crippen molar-refractivity contribution >= 4 is 6.29 Å². The van der Waals surface area contributed by atoms with E-state index < -0.39 is 18.1 Å². The van der Waals surface area contributed by atoms with Crippen LogP contribution in [0.4, 0.5) is 0 Å². The zero-order valence-electron chi connectivity index (χ0n) is 4.77. The van der Waals surface area contributed by atoms with Gasteiger partial charge in [-0.25, -0.2) is 0 Å². The van der Waals surface area contributed by atoms with Crippen LogP contribution in [0, 0.1) is 5.92 Å². The summed E-state index contributed by atoms with van der Waals surface area (Å²) in [6.07, 6.45) is 1.76. The third kappa shape index (κ3) is 1.01. The van der Waals surface area contributed by atoms with E-state index in [4.69, 9.17) is 10.2 Å². The molecule has 0 fully saturated rings. The molecule has 0 saturated carbocycles. The first-order valence-electron chi connectivity index (χ1n) is 2.75. The molecule has 1 aliphatic carbocycles. The molecule has 50 valence electrons. The normalized spacial score (nSPS) is 41.3. The van der Waals surface area contributed by atoms with E-state index in [1.807, 2.05) is 0 Å². The second-order valence-corrected chi connectivity index (χ2v) is 2.08. The van der Waals surface area contributed by atoms with Crippen molar-refractivity contribution in [2.75, 3.05) is 0 Å². The third-order valence-corrected chi connectivity index (χ3v) is 1.43. The van der Waals surface area contributed by atoms with Gasteiger partial charge in [-0.05, 0) is 0 Å². The predicted molar refractivity (Wildman–Crippen MR) is 30.7 cm³/mol. The molecule has 1 unspecified atom stereocenters. The van der Waals surface area contributed by atoms with Gasteiger partial charge in [0.05, 0.1) is 18.1 Å². The van der Waals surface area contributed by atoms with E-state index in [9.17, 15) is 4.79 Å². The van der Waals surface area contributed by atoms with Gasteiger partial charge in [0.25, 0.3) is 0 Å². The Hall–Kier alpha value is -0.670. The maximum Gasteiger partial charge on any atom is 0.129 e. The molecule has 0 aromatic heterocycles. The number of aldehydes is 1. The fourth-order valence-electron chi connectivity index (χ4n) is 0.823. The predicted octanol–water partition coefficient (Wildman–Crippen LogP) is -0.907. The molecule has 3 atom stereocenters. The molecular formula is C6H8O3. The highest BCUT2D eigenvalue weighted by molar-refractivity contribution is 5.59. The first-order valence-corrected chi connectivity index (χ1v) is 2.75. The molecule has 1 aliphatic rings. The van der Waals surface area contributed by atoms with Crippen LogP contribution in [-0.4, -0.2) is 28.7 Å². The Morgan fingerprint density at radius 1 is 1.33 bits per heavy atom. The molecule has 2 N–H and O–H groups in total. The van der Waals surface area contributed by atoms with Crippen molar-refractivity contribution < 1.29 is 15.0 Å². The van der Waals surface area contributed by atoms with Crippen molar-refractivity contribution in [3.8, 4) is 0 Å². The van der Waals surface area contributed by atoms with Gasteiger partial charge in [-0.2, -0.15) is 0 Å². The Balaban J connectivity index is 2.61. The van der Waals surface area contributed by atoms with Gasteiger partial charge in [0.2, 0.25) is 0 Å². The number of rotatable bonds is 1. The molecule has 0 aromatic carbocycles. The van der Waals surface area contributed by atoms with Gasteiger partial charge < -0.3 is 15.0 Å². The number of aliphatic hydroxyl groups is 2. The van der Waals surface area contributed by atoms with Gasteiger partial charge in [-0.15, -0.1) is 0 Å². The lowest BCUT2D eigenvalue weighted by Gasteiger charge is -2.09. The highest BCUT2D eigenvalue weighted by atomic mass is 16.3. The fraction of sp³-hybridized carbons (Fsp3) is 0.500. The molecular weight excluding hydrogens is 120 g/mol. The minimum Gasteiger partial charge on any atom is -0.389 e. The van der Waals surface area contributed by atoms with E-state index in [0.29, 0.717) is 6.29 Å². The summed E-state index contributed by atoms with van der Waals surface area (Å²) in [5.41, 5.74) is 0. The highest BCUT2D eigenvalue weighted by Gasteiger charge is 2.27. The lowest BCUT2D eigenvalue weighted by molar-refractivity contribution is -0.113. The average molecular weight is 128 g/mol. The summed E-state index contributed by atoms with van der Waals surface area (Å²) in [4.78, 5) is 10.0. The van der Waals surface area contributed by atoms with Crippen molar-refractivity contribution in [1.29, 1.82) is 0 Å². The van der Waals surface area contributed by atoms with Crippen LogP contribution in [0.1, 0.15) is 0 Å². The molecule has 0 radical (unpaired) electrons. The summed E-state index contributed by atoms with van der Waals surface area (Å²) in [7, 11) is 0. The van der Waals surface area contributed by atoms with Crippen LogP contribution in [0.15, 0.2) is 12.2 Å². The summed E-state index contributed by atoms with van der Waals surface area (Å²) in [5.74, 6) is -0.514. The number of hydrogen-bond donors (Lipinski definition) is 2. The van der Waals surface area contributed by atoms with Crippen LogP contribution in [0.3, 0.4) is 0 Å². The topological polar surface area (TPSA) is 57.5 Å². The first kappa shape index (κ1) is 6.45.